The van der Waals surface area contributed by atoms with Gasteiger partial charge in [-0.3, -0.25) is 5.01 Å². The van der Waals surface area contributed by atoms with Crippen molar-refractivity contribution in [2.45, 2.75) is 32.5 Å². The van der Waals surface area contributed by atoms with Crippen molar-refractivity contribution in [3.05, 3.63) is 105 Å². The van der Waals surface area contributed by atoms with Crippen LogP contribution in [0.15, 0.2) is 81.0 Å². The number of para-hydroxylation sites is 1. The maximum absolute atomic E-state index is 13.1. The van der Waals surface area contributed by atoms with Crippen LogP contribution in [0.4, 0.5) is 18.9 Å². The molecule has 0 amide bonds. The topological polar surface area (TPSA) is 66.0 Å². The zero-order chi connectivity index (χ0) is 24.9. The predicted molar refractivity (Wildman–Crippen MR) is 128 cm³/mol. The SMILES string of the molecule is Cc1cc2oc(=O)c(C3=NN(c4ccccc4)C(c4ccc(C(F)(F)F)cc4)C3)c(O)c2cc1C. The van der Waals surface area contributed by atoms with Crippen molar-refractivity contribution >= 4 is 22.4 Å². The Bertz CT molecular complexity index is 1510. The van der Waals surface area contributed by atoms with Crippen molar-refractivity contribution in [1.29, 1.82) is 0 Å². The molecule has 3 aromatic carbocycles. The Kier molecular flexibility index (Phi) is 5.39. The molecular weight excluding hydrogens is 457 g/mol. The minimum atomic E-state index is -4.44. The van der Waals surface area contributed by atoms with Gasteiger partial charge in [0.15, 0.2) is 0 Å². The standard InChI is InChI=1S/C27H21F3N2O3/c1-15-12-20-23(13-16(15)2)35-26(34)24(25(20)33)21-14-22(32(31-21)19-6-4-3-5-7-19)17-8-10-18(11-9-17)27(28,29)30/h3-13,22,33H,14H2,1-2H3. The number of alkyl halides is 3. The lowest BCUT2D eigenvalue weighted by molar-refractivity contribution is -0.137. The number of hydrazone groups is 1. The van der Waals surface area contributed by atoms with E-state index in [2.05, 4.69) is 5.10 Å². The molecule has 0 fully saturated rings. The molecule has 4 aromatic rings. The van der Waals surface area contributed by atoms with E-state index in [1.165, 1.54) is 12.1 Å². The molecule has 0 saturated heterocycles. The van der Waals surface area contributed by atoms with Gasteiger partial charge in [-0.25, -0.2) is 4.79 Å². The lowest BCUT2D eigenvalue weighted by Gasteiger charge is -2.24. The van der Waals surface area contributed by atoms with Gasteiger partial charge in [-0.1, -0.05) is 30.3 Å². The third kappa shape index (κ3) is 4.05. The number of hydrogen-bond donors (Lipinski definition) is 1. The van der Waals surface area contributed by atoms with Crippen LogP contribution in [-0.2, 0) is 6.18 Å². The number of anilines is 1. The number of aromatic hydroxyl groups is 1. The molecule has 5 rings (SSSR count). The van der Waals surface area contributed by atoms with Gasteiger partial charge in [-0.05, 0) is 66.9 Å². The zero-order valence-corrected chi connectivity index (χ0v) is 18.9. The van der Waals surface area contributed by atoms with Crippen molar-refractivity contribution in [3.8, 4) is 5.75 Å². The quantitative estimate of drug-likeness (QED) is 0.342. The first-order valence-electron chi connectivity index (χ1n) is 11.0. The molecule has 0 saturated carbocycles. The second-order valence-electron chi connectivity index (χ2n) is 8.61. The van der Waals surface area contributed by atoms with E-state index in [0.717, 1.165) is 23.3 Å². The van der Waals surface area contributed by atoms with Crippen molar-refractivity contribution in [2.75, 3.05) is 5.01 Å². The molecule has 1 unspecified atom stereocenters. The van der Waals surface area contributed by atoms with E-state index < -0.39 is 23.4 Å². The van der Waals surface area contributed by atoms with E-state index in [9.17, 15) is 23.1 Å². The van der Waals surface area contributed by atoms with E-state index in [0.29, 0.717) is 22.3 Å². The molecule has 35 heavy (non-hydrogen) atoms. The molecule has 0 bridgehead atoms. The average molecular weight is 478 g/mol. The molecule has 1 aliphatic rings. The summed E-state index contributed by atoms with van der Waals surface area (Å²) in [5.41, 5.74) is 2.19. The number of benzene rings is 3. The largest absolute Gasteiger partial charge is 0.506 e. The monoisotopic (exact) mass is 478 g/mol. The predicted octanol–water partition coefficient (Wildman–Crippen LogP) is 6.49. The van der Waals surface area contributed by atoms with E-state index >= 15 is 0 Å². The average Bonchev–Trinajstić information content (AvgIpc) is 3.26. The van der Waals surface area contributed by atoms with Crippen LogP contribution < -0.4 is 10.6 Å². The summed E-state index contributed by atoms with van der Waals surface area (Å²) in [4.78, 5) is 12.9. The van der Waals surface area contributed by atoms with Gasteiger partial charge in [-0.2, -0.15) is 18.3 Å². The van der Waals surface area contributed by atoms with Crippen LogP contribution in [0.3, 0.4) is 0 Å². The first kappa shape index (κ1) is 22.7. The summed E-state index contributed by atoms with van der Waals surface area (Å²) in [5, 5.41) is 17.7. The van der Waals surface area contributed by atoms with Gasteiger partial charge in [0.1, 0.15) is 16.9 Å². The Balaban J connectivity index is 1.62. The minimum absolute atomic E-state index is 0.0453. The maximum atomic E-state index is 13.1. The summed E-state index contributed by atoms with van der Waals surface area (Å²) in [6, 6.07) is 17.0. The Morgan fingerprint density at radius 3 is 2.31 bits per heavy atom. The molecule has 0 radical (unpaired) electrons. The van der Waals surface area contributed by atoms with Gasteiger partial charge in [0.25, 0.3) is 0 Å². The van der Waals surface area contributed by atoms with Gasteiger partial charge in [0, 0.05) is 6.42 Å². The fraction of sp³-hybridized carbons (Fsp3) is 0.185. The van der Waals surface area contributed by atoms with E-state index in [4.69, 9.17) is 4.42 Å². The second-order valence-corrected chi connectivity index (χ2v) is 8.61. The molecule has 1 N–H and O–H groups in total. The highest BCUT2D eigenvalue weighted by Gasteiger charge is 2.35. The van der Waals surface area contributed by atoms with Gasteiger partial charge < -0.3 is 9.52 Å². The number of fused-ring (bicyclic) bond motifs is 1. The Morgan fingerprint density at radius 2 is 1.66 bits per heavy atom. The summed E-state index contributed by atoms with van der Waals surface area (Å²) in [6.07, 6.45) is -4.25. The number of nitrogens with zero attached hydrogens (tertiary/aromatic N) is 2. The highest BCUT2D eigenvalue weighted by atomic mass is 19.4. The van der Waals surface area contributed by atoms with Gasteiger partial charge in [0.05, 0.1) is 28.4 Å². The van der Waals surface area contributed by atoms with E-state index in [-0.39, 0.29) is 23.3 Å². The summed E-state index contributed by atoms with van der Waals surface area (Å²) >= 11 is 0. The van der Waals surface area contributed by atoms with Gasteiger partial charge in [0.2, 0.25) is 0 Å². The first-order valence-corrected chi connectivity index (χ1v) is 11.0. The molecule has 8 heteroatoms. The molecule has 2 heterocycles. The lowest BCUT2D eigenvalue weighted by atomic mass is 9.96. The molecule has 1 aromatic heterocycles. The summed E-state index contributed by atoms with van der Waals surface area (Å²) in [5.74, 6) is -0.223. The van der Waals surface area contributed by atoms with Crippen molar-refractivity contribution in [1.82, 2.24) is 0 Å². The van der Waals surface area contributed by atoms with Crippen LogP contribution in [0.2, 0.25) is 0 Å². The molecule has 178 valence electrons. The van der Waals surface area contributed by atoms with Crippen LogP contribution in [0, 0.1) is 13.8 Å². The molecule has 0 spiro atoms. The highest BCUT2D eigenvalue weighted by molar-refractivity contribution is 6.08. The van der Waals surface area contributed by atoms with Gasteiger partial charge in [-0.15, -0.1) is 0 Å². The maximum Gasteiger partial charge on any atom is 0.416 e. The Labute approximate surface area is 198 Å². The van der Waals surface area contributed by atoms with Crippen LogP contribution in [0.25, 0.3) is 11.0 Å². The summed E-state index contributed by atoms with van der Waals surface area (Å²) in [7, 11) is 0. The van der Waals surface area contributed by atoms with Crippen molar-refractivity contribution < 1.29 is 22.7 Å². The number of hydrogen-bond acceptors (Lipinski definition) is 5. The number of rotatable bonds is 3. The Hall–Kier alpha value is -4.07. The number of halogens is 3. The highest BCUT2D eigenvalue weighted by Crippen LogP contribution is 2.40. The second kappa shape index (κ2) is 8.30. The molecule has 0 aliphatic carbocycles. The smallest absolute Gasteiger partial charge is 0.416 e. The lowest BCUT2D eigenvalue weighted by Crippen LogP contribution is -2.19. The molecule has 5 nitrogen and oxygen atoms in total. The van der Waals surface area contributed by atoms with Crippen LogP contribution in [0.1, 0.15) is 40.3 Å². The first-order chi connectivity index (χ1) is 16.6. The molecular formula is C27H21F3N2O3. The van der Waals surface area contributed by atoms with Crippen LogP contribution in [-0.4, -0.2) is 10.8 Å². The van der Waals surface area contributed by atoms with Gasteiger partial charge >= 0.3 is 11.8 Å². The van der Waals surface area contributed by atoms with Crippen LogP contribution in [0.5, 0.6) is 5.75 Å². The zero-order valence-electron chi connectivity index (χ0n) is 18.9. The minimum Gasteiger partial charge on any atom is -0.506 e. The third-order valence-corrected chi connectivity index (χ3v) is 6.34. The molecule has 1 aliphatic heterocycles. The van der Waals surface area contributed by atoms with E-state index in [1.54, 1.807) is 17.1 Å². The van der Waals surface area contributed by atoms with Crippen LogP contribution >= 0.6 is 0 Å². The fourth-order valence-corrected chi connectivity index (χ4v) is 4.33. The molecule has 1 atom stereocenters. The van der Waals surface area contributed by atoms with Crippen molar-refractivity contribution in [2.24, 2.45) is 5.10 Å². The summed E-state index contributed by atoms with van der Waals surface area (Å²) < 4.78 is 44.8. The third-order valence-electron chi connectivity index (χ3n) is 6.34. The van der Waals surface area contributed by atoms with Crippen molar-refractivity contribution in [3.63, 3.8) is 0 Å². The fourth-order valence-electron chi connectivity index (χ4n) is 4.33. The number of aryl methyl sites for hydroxylation is 2. The Morgan fingerprint density at radius 1 is 1.00 bits per heavy atom. The normalized spacial score (nSPS) is 16.1. The van der Waals surface area contributed by atoms with E-state index in [1.807, 2.05) is 44.2 Å². The summed E-state index contributed by atoms with van der Waals surface area (Å²) in [6.45, 7) is 3.77.